The second-order valence-electron chi connectivity index (χ2n) is 3.33. The molecule has 0 aromatic heterocycles. The Hall–Kier alpha value is -0.550. The third kappa shape index (κ3) is 1.23. The third-order valence-corrected chi connectivity index (χ3v) is 3.61. The van der Waals surface area contributed by atoms with Crippen molar-refractivity contribution in [1.82, 2.24) is 0 Å². The summed E-state index contributed by atoms with van der Waals surface area (Å²) in [7, 11) is 2.76. The first-order chi connectivity index (χ1) is 5.46. The van der Waals surface area contributed by atoms with Gasteiger partial charge < -0.3 is 5.73 Å². The van der Waals surface area contributed by atoms with E-state index in [-0.39, 0.29) is 0 Å². The lowest BCUT2D eigenvalue weighted by molar-refractivity contribution is 1.26. The van der Waals surface area contributed by atoms with E-state index in [9.17, 15) is 0 Å². The van der Waals surface area contributed by atoms with Gasteiger partial charge in [-0.3, -0.25) is 0 Å². The molecule has 0 saturated heterocycles. The number of hydrogen-bond acceptors (Lipinski definition) is 1. The van der Waals surface area contributed by atoms with Gasteiger partial charge in [0.1, 0.15) is 0 Å². The molecule has 1 rings (SSSR count). The van der Waals surface area contributed by atoms with E-state index in [0.29, 0.717) is 0 Å². The van der Waals surface area contributed by atoms with Crippen LogP contribution < -0.4 is 11.0 Å². The summed E-state index contributed by atoms with van der Waals surface area (Å²) in [6, 6.07) is 0. The van der Waals surface area contributed by atoms with Crippen LogP contribution in [0.3, 0.4) is 0 Å². The van der Waals surface area contributed by atoms with Crippen molar-refractivity contribution >= 4 is 20.2 Å². The first-order valence-corrected chi connectivity index (χ1v) is 4.65. The maximum Gasteiger partial charge on any atom is 0.0382 e. The topological polar surface area (TPSA) is 26.0 Å². The van der Waals surface area contributed by atoms with Crippen molar-refractivity contribution in [3.63, 3.8) is 0 Å². The monoisotopic (exact) mass is 181 g/mol. The van der Waals surface area contributed by atoms with Crippen LogP contribution >= 0.6 is 9.24 Å². The average Bonchev–Trinajstić information content (AvgIpc) is 2.08. The molecule has 0 aliphatic carbocycles. The van der Waals surface area contributed by atoms with E-state index >= 15 is 0 Å². The number of hydrogen-bond donors (Lipinski definition) is 1. The molecule has 0 saturated carbocycles. The summed E-state index contributed by atoms with van der Waals surface area (Å²) >= 11 is 0. The molecule has 0 fully saturated rings. The highest BCUT2D eigenvalue weighted by Crippen LogP contribution is 2.23. The average molecular weight is 181 g/mol. The Balaban J connectivity index is 3.60. The van der Waals surface area contributed by atoms with Crippen LogP contribution in [0.1, 0.15) is 22.3 Å². The van der Waals surface area contributed by atoms with E-state index in [0.717, 1.165) is 5.69 Å². The normalized spacial score (nSPS) is 10.4. The van der Waals surface area contributed by atoms with Gasteiger partial charge in [-0.15, -0.1) is 9.24 Å². The smallest absolute Gasteiger partial charge is 0.0382 e. The van der Waals surface area contributed by atoms with Gasteiger partial charge in [0, 0.05) is 5.69 Å². The lowest BCUT2D eigenvalue weighted by Crippen LogP contribution is -2.10. The van der Waals surface area contributed by atoms with E-state index < -0.39 is 0 Å². The van der Waals surface area contributed by atoms with Crippen molar-refractivity contribution < 1.29 is 0 Å². The molecule has 12 heavy (non-hydrogen) atoms. The second-order valence-corrected chi connectivity index (χ2v) is 3.90. The molecule has 0 aliphatic rings. The second kappa shape index (κ2) is 3.06. The van der Waals surface area contributed by atoms with Gasteiger partial charge in [0.25, 0.3) is 0 Å². The highest BCUT2D eigenvalue weighted by atomic mass is 31.0. The van der Waals surface area contributed by atoms with Crippen LogP contribution in [0.15, 0.2) is 0 Å². The Labute approximate surface area is 76.6 Å². The summed E-state index contributed by atoms with van der Waals surface area (Å²) in [6.45, 7) is 8.40. The predicted octanol–water partition coefficient (Wildman–Crippen LogP) is 2.00. The molecule has 0 spiro atoms. The lowest BCUT2D eigenvalue weighted by Gasteiger charge is -2.14. The fraction of sp³-hybridized carbons (Fsp3) is 0.400. The van der Waals surface area contributed by atoms with Gasteiger partial charge in [-0.05, 0) is 55.3 Å². The van der Waals surface area contributed by atoms with Crippen LogP contribution in [0.2, 0.25) is 0 Å². The zero-order valence-electron chi connectivity index (χ0n) is 8.15. The van der Waals surface area contributed by atoms with Gasteiger partial charge in [0.2, 0.25) is 0 Å². The minimum Gasteiger partial charge on any atom is -0.398 e. The van der Waals surface area contributed by atoms with Gasteiger partial charge in [0.05, 0.1) is 0 Å². The van der Waals surface area contributed by atoms with Gasteiger partial charge in [0.15, 0.2) is 0 Å². The number of rotatable bonds is 0. The zero-order chi connectivity index (χ0) is 9.46. The van der Waals surface area contributed by atoms with Crippen molar-refractivity contribution in [2.45, 2.75) is 27.7 Å². The molecule has 1 unspecified atom stereocenters. The summed E-state index contributed by atoms with van der Waals surface area (Å²) in [5.74, 6) is 0. The van der Waals surface area contributed by atoms with Crippen LogP contribution in [-0.4, -0.2) is 0 Å². The molecule has 1 atom stereocenters. The summed E-state index contributed by atoms with van der Waals surface area (Å²) in [4.78, 5) is 0. The van der Waals surface area contributed by atoms with E-state index in [1.807, 2.05) is 0 Å². The van der Waals surface area contributed by atoms with E-state index in [1.54, 1.807) is 0 Å². The fourth-order valence-corrected chi connectivity index (χ4v) is 1.76. The molecule has 66 valence electrons. The Morgan fingerprint density at radius 2 is 1.33 bits per heavy atom. The highest BCUT2D eigenvalue weighted by Gasteiger charge is 2.08. The van der Waals surface area contributed by atoms with Gasteiger partial charge >= 0.3 is 0 Å². The fourth-order valence-electron chi connectivity index (χ4n) is 1.39. The van der Waals surface area contributed by atoms with Crippen LogP contribution in [0.25, 0.3) is 0 Å². The van der Waals surface area contributed by atoms with Crippen molar-refractivity contribution in [2.24, 2.45) is 0 Å². The summed E-state index contributed by atoms with van der Waals surface area (Å²) in [5, 5.41) is 1.25. The standard InChI is InChI=1S/C10H16NP/c1-5-6(2)9(11)8(4)10(12)7(5)3/h11-12H2,1-4H3. The maximum absolute atomic E-state index is 5.94. The van der Waals surface area contributed by atoms with E-state index in [2.05, 4.69) is 36.9 Å². The van der Waals surface area contributed by atoms with Crippen molar-refractivity contribution in [1.29, 1.82) is 0 Å². The molecule has 2 N–H and O–H groups in total. The van der Waals surface area contributed by atoms with Crippen molar-refractivity contribution in [3.05, 3.63) is 22.3 Å². The molecule has 0 aliphatic heterocycles. The molecular weight excluding hydrogens is 165 g/mol. The quantitative estimate of drug-likeness (QED) is 0.481. The largest absolute Gasteiger partial charge is 0.398 e. The van der Waals surface area contributed by atoms with Gasteiger partial charge in [-0.1, -0.05) is 0 Å². The van der Waals surface area contributed by atoms with Gasteiger partial charge in [-0.2, -0.15) is 0 Å². The minimum absolute atomic E-state index is 0.933. The Bertz CT molecular complexity index is 224. The van der Waals surface area contributed by atoms with E-state index in [1.165, 1.54) is 27.6 Å². The summed E-state index contributed by atoms with van der Waals surface area (Å²) in [6.07, 6.45) is 0. The maximum atomic E-state index is 5.94. The molecule has 0 bridgehead atoms. The molecule has 0 heterocycles. The van der Waals surface area contributed by atoms with Crippen molar-refractivity contribution in [3.8, 4) is 0 Å². The van der Waals surface area contributed by atoms with Gasteiger partial charge in [-0.25, -0.2) is 0 Å². The Morgan fingerprint density at radius 3 is 1.83 bits per heavy atom. The number of anilines is 1. The predicted molar refractivity (Wildman–Crippen MR) is 59.1 cm³/mol. The number of benzene rings is 1. The number of nitrogens with two attached hydrogens (primary N) is 1. The Kier molecular flexibility index (Phi) is 2.44. The lowest BCUT2D eigenvalue weighted by atomic mass is 9.99. The third-order valence-electron chi connectivity index (χ3n) is 2.74. The van der Waals surface area contributed by atoms with E-state index in [4.69, 9.17) is 5.73 Å². The zero-order valence-corrected chi connectivity index (χ0v) is 9.31. The first kappa shape index (κ1) is 9.54. The number of nitrogen functional groups attached to an aromatic ring is 1. The van der Waals surface area contributed by atoms with Crippen LogP contribution in [0.4, 0.5) is 5.69 Å². The first-order valence-electron chi connectivity index (χ1n) is 4.08. The van der Waals surface area contributed by atoms with Crippen molar-refractivity contribution in [2.75, 3.05) is 5.73 Å². The van der Waals surface area contributed by atoms with Crippen LogP contribution in [0.5, 0.6) is 0 Å². The summed E-state index contributed by atoms with van der Waals surface area (Å²) < 4.78 is 0. The molecular formula is C10H16NP. The highest BCUT2D eigenvalue weighted by molar-refractivity contribution is 7.27. The van der Waals surface area contributed by atoms with Crippen LogP contribution in [0, 0.1) is 27.7 Å². The molecule has 0 amide bonds. The minimum atomic E-state index is 0.933. The Morgan fingerprint density at radius 1 is 0.833 bits per heavy atom. The molecule has 1 nitrogen and oxygen atoms in total. The molecule has 1 aromatic carbocycles. The molecule has 1 aromatic rings. The molecule has 2 heteroatoms. The SMILES string of the molecule is Cc1c(C)c(N)c(C)c(P)c1C. The van der Waals surface area contributed by atoms with Crippen LogP contribution in [-0.2, 0) is 0 Å². The molecule has 0 radical (unpaired) electrons. The summed E-state index contributed by atoms with van der Waals surface area (Å²) in [5.41, 5.74) is 11.9.